The molecule has 3 rings (SSSR count). The molecule has 0 aliphatic carbocycles. The van der Waals surface area contributed by atoms with Crippen molar-refractivity contribution in [3.05, 3.63) is 53.8 Å². The van der Waals surface area contributed by atoms with Gasteiger partial charge in [-0.1, -0.05) is 17.8 Å². The Balaban J connectivity index is 1.73. The minimum atomic E-state index is -0.408. The summed E-state index contributed by atoms with van der Waals surface area (Å²) in [6.07, 6.45) is 0. The van der Waals surface area contributed by atoms with Crippen LogP contribution < -0.4 is 10.1 Å². The van der Waals surface area contributed by atoms with Gasteiger partial charge < -0.3 is 14.6 Å². The molecule has 6 nitrogen and oxygen atoms in total. The van der Waals surface area contributed by atoms with Crippen LogP contribution in [0, 0.1) is 12.7 Å². The van der Waals surface area contributed by atoms with E-state index < -0.39 is 5.25 Å². The Morgan fingerprint density at radius 3 is 2.61 bits per heavy atom. The van der Waals surface area contributed by atoms with Crippen LogP contribution in [0.3, 0.4) is 0 Å². The van der Waals surface area contributed by atoms with Gasteiger partial charge in [0, 0.05) is 12.6 Å². The van der Waals surface area contributed by atoms with Gasteiger partial charge in [-0.25, -0.2) is 4.39 Å². The highest BCUT2D eigenvalue weighted by molar-refractivity contribution is 8.00. The summed E-state index contributed by atoms with van der Waals surface area (Å²) in [6.45, 7) is 3.75. The van der Waals surface area contributed by atoms with E-state index >= 15 is 0 Å². The number of nitrogens with zero attached hydrogens (tertiary/aromatic N) is 3. The third-order valence-corrected chi connectivity index (χ3v) is 5.34. The molecule has 3 aromatic rings. The molecule has 1 atom stereocenters. The molecule has 1 heterocycles. The van der Waals surface area contributed by atoms with Crippen LogP contribution in [0.4, 0.5) is 10.1 Å². The summed E-state index contributed by atoms with van der Waals surface area (Å²) in [5.41, 5.74) is 2.41. The zero-order valence-corrected chi connectivity index (χ0v) is 16.9. The van der Waals surface area contributed by atoms with Crippen molar-refractivity contribution in [2.45, 2.75) is 24.3 Å². The van der Waals surface area contributed by atoms with E-state index in [4.69, 9.17) is 4.74 Å². The van der Waals surface area contributed by atoms with Crippen LogP contribution in [-0.2, 0) is 11.8 Å². The monoisotopic (exact) mass is 400 g/mol. The Hall–Kier alpha value is -2.87. The molecule has 1 amide bonds. The van der Waals surface area contributed by atoms with Crippen molar-refractivity contribution >= 4 is 23.4 Å². The van der Waals surface area contributed by atoms with Gasteiger partial charge in [0.25, 0.3) is 0 Å². The van der Waals surface area contributed by atoms with Gasteiger partial charge in [0.2, 0.25) is 5.91 Å². The smallest absolute Gasteiger partial charge is 0.237 e. The predicted molar refractivity (Wildman–Crippen MR) is 108 cm³/mol. The van der Waals surface area contributed by atoms with Crippen molar-refractivity contribution in [1.29, 1.82) is 0 Å². The van der Waals surface area contributed by atoms with Gasteiger partial charge in [-0.15, -0.1) is 10.2 Å². The number of aryl methyl sites for hydroxylation is 1. The normalized spacial score (nSPS) is 11.9. The van der Waals surface area contributed by atoms with Crippen molar-refractivity contribution < 1.29 is 13.9 Å². The molecule has 28 heavy (non-hydrogen) atoms. The molecule has 146 valence electrons. The van der Waals surface area contributed by atoms with E-state index in [1.807, 2.05) is 32.2 Å². The number of halogens is 1. The summed E-state index contributed by atoms with van der Waals surface area (Å²) in [4.78, 5) is 12.6. The van der Waals surface area contributed by atoms with Crippen molar-refractivity contribution in [3.8, 4) is 17.1 Å². The third-order valence-electron chi connectivity index (χ3n) is 4.20. The van der Waals surface area contributed by atoms with E-state index in [2.05, 4.69) is 15.5 Å². The maximum atomic E-state index is 13.1. The molecular weight excluding hydrogens is 379 g/mol. The molecule has 0 unspecified atom stereocenters. The first-order valence-corrected chi connectivity index (χ1v) is 9.54. The summed E-state index contributed by atoms with van der Waals surface area (Å²) >= 11 is 1.30. The molecule has 1 aromatic heterocycles. The number of anilines is 1. The van der Waals surface area contributed by atoms with Crippen molar-refractivity contribution in [2.75, 3.05) is 12.4 Å². The zero-order valence-electron chi connectivity index (χ0n) is 16.1. The first-order valence-electron chi connectivity index (χ1n) is 8.66. The minimum Gasteiger partial charge on any atom is -0.495 e. The number of ether oxygens (including phenoxy) is 1. The van der Waals surface area contributed by atoms with Crippen molar-refractivity contribution in [1.82, 2.24) is 14.8 Å². The average molecular weight is 400 g/mol. The Morgan fingerprint density at radius 2 is 1.93 bits per heavy atom. The van der Waals surface area contributed by atoms with E-state index in [9.17, 15) is 9.18 Å². The van der Waals surface area contributed by atoms with E-state index in [1.54, 1.807) is 30.7 Å². The Morgan fingerprint density at radius 1 is 1.21 bits per heavy atom. The molecule has 8 heteroatoms. The molecule has 0 radical (unpaired) electrons. The number of carbonyl (C=O) groups is 1. The zero-order chi connectivity index (χ0) is 20.3. The number of hydrogen-bond donors (Lipinski definition) is 1. The van der Waals surface area contributed by atoms with Crippen LogP contribution in [-0.4, -0.2) is 33.0 Å². The van der Waals surface area contributed by atoms with Gasteiger partial charge in [-0.05, 0) is 55.8 Å². The lowest BCUT2D eigenvalue weighted by Gasteiger charge is -2.14. The number of methoxy groups -OCH3 is 1. The fraction of sp³-hybridized carbons (Fsp3) is 0.250. The van der Waals surface area contributed by atoms with Crippen molar-refractivity contribution in [3.63, 3.8) is 0 Å². The van der Waals surface area contributed by atoms with Gasteiger partial charge in [-0.3, -0.25) is 4.79 Å². The topological polar surface area (TPSA) is 69.0 Å². The van der Waals surface area contributed by atoms with Gasteiger partial charge in [-0.2, -0.15) is 0 Å². The molecule has 2 aromatic carbocycles. The van der Waals surface area contributed by atoms with E-state index in [0.29, 0.717) is 22.4 Å². The van der Waals surface area contributed by atoms with Crippen LogP contribution in [0.1, 0.15) is 12.5 Å². The number of carbonyl (C=O) groups excluding carboxylic acids is 1. The molecule has 0 fully saturated rings. The summed E-state index contributed by atoms with van der Waals surface area (Å²) in [6, 6.07) is 11.7. The van der Waals surface area contributed by atoms with Crippen LogP contribution >= 0.6 is 11.8 Å². The lowest BCUT2D eigenvalue weighted by molar-refractivity contribution is -0.115. The molecule has 0 saturated carbocycles. The first kappa shape index (κ1) is 19.9. The number of thioether (sulfide) groups is 1. The van der Waals surface area contributed by atoms with Crippen LogP contribution in [0.2, 0.25) is 0 Å². The largest absolute Gasteiger partial charge is 0.495 e. The first-order chi connectivity index (χ1) is 13.4. The lowest BCUT2D eigenvalue weighted by Crippen LogP contribution is -2.23. The fourth-order valence-corrected chi connectivity index (χ4v) is 3.45. The Bertz CT molecular complexity index is 988. The summed E-state index contributed by atoms with van der Waals surface area (Å²) in [5.74, 6) is 0.737. The lowest BCUT2D eigenvalue weighted by atomic mass is 10.2. The van der Waals surface area contributed by atoms with Crippen LogP contribution in [0.25, 0.3) is 11.4 Å². The van der Waals surface area contributed by atoms with E-state index in [0.717, 1.165) is 11.1 Å². The van der Waals surface area contributed by atoms with Gasteiger partial charge in [0.05, 0.1) is 18.0 Å². The number of amides is 1. The van der Waals surface area contributed by atoms with Gasteiger partial charge in [0.15, 0.2) is 11.0 Å². The van der Waals surface area contributed by atoms with Gasteiger partial charge >= 0.3 is 0 Å². The molecule has 1 N–H and O–H groups in total. The highest BCUT2D eigenvalue weighted by Crippen LogP contribution is 2.29. The second-order valence-corrected chi connectivity index (χ2v) is 7.63. The number of nitrogens with one attached hydrogen (secondary N) is 1. The second-order valence-electron chi connectivity index (χ2n) is 6.33. The van der Waals surface area contributed by atoms with Gasteiger partial charge in [0.1, 0.15) is 11.6 Å². The summed E-state index contributed by atoms with van der Waals surface area (Å²) < 4.78 is 20.2. The van der Waals surface area contributed by atoms with Crippen LogP contribution in [0.15, 0.2) is 47.6 Å². The minimum absolute atomic E-state index is 0.166. The van der Waals surface area contributed by atoms with Crippen LogP contribution in [0.5, 0.6) is 5.75 Å². The number of rotatable bonds is 6. The maximum Gasteiger partial charge on any atom is 0.237 e. The summed E-state index contributed by atoms with van der Waals surface area (Å²) in [7, 11) is 3.38. The highest BCUT2D eigenvalue weighted by Gasteiger charge is 2.20. The fourth-order valence-electron chi connectivity index (χ4n) is 2.63. The SMILES string of the molecule is COc1ccc(C)cc1NC(=O)[C@@H](C)Sc1nnc(-c2ccc(F)cc2)n1C. The molecule has 0 saturated heterocycles. The third kappa shape index (κ3) is 4.33. The molecule has 0 aliphatic heterocycles. The van der Waals surface area contributed by atoms with Crippen molar-refractivity contribution in [2.24, 2.45) is 7.05 Å². The number of aromatic nitrogens is 3. The number of benzene rings is 2. The molecule has 0 spiro atoms. The molecule has 0 aliphatic rings. The average Bonchev–Trinajstić information content (AvgIpc) is 3.03. The molecular formula is C20H21FN4O2S. The quantitative estimate of drug-likeness (QED) is 0.632. The van der Waals surface area contributed by atoms with E-state index in [1.165, 1.54) is 23.9 Å². The standard InChI is InChI=1S/C20H21FN4O2S/c1-12-5-10-17(27-4)16(11-12)22-19(26)13(2)28-20-24-23-18(25(20)3)14-6-8-15(21)9-7-14/h5-11,13H,1-4H3,(H,22,26)/t13-/m1/s1. The molecule has 0 bridgehead atoms. The summed E-state index contributed by atoms with van der Waals surface area (Å²) in [5, 5.41) is 11.4. The number of hydrogen-bond acceptors (Lipinski definition) is 5. The Labute approximate surface area is 167 Å². The maximum absolute atomic E-state index is 13.1. The van der Waals surface area contributed by atoms with E-state index in [-0.39, 0.29) is 11.7 Å². The highest BCUT2D eigenvalue weighted by atomic mass is 32.2. The second kappa shape index (κ2) is 8.43. The Kier molecular flexibility index (Phi) is 5.99. The predicted octanol–water partition coefficient (Wildman–Crippen LogP) is 4.06.